The Hall–Kier alpha value is -0.160. The minimum absolute atomic E-state index is 0.660. The van der Waals surface area contributed by atoms with Crippen LogP contribution in [0.5, 0.6) is 0 Å². The molecule has 0 saturated carbocycles. The van der Waals surface area contributed by atoms with Gasteiger partial charge in [0.05, 0.1) is 6.61 Å². The maximum absolute atomic E-state index is 5.70. The molecule has 2 atom stereocenters. The van der Waals surface area contributed by atoms with Crippen LogP contribution in [0.1, 0.15) is 26.2 Å². The van der Waals surface area contributed by atoms with Gasteiger partial charge in [0, 0.05) is 31.7 Å². The minimum Gasteiger partial charge on any atom is -0.381 e. The molecule has 0 amide bonds. The number of likely N-dealkylation sites (tertiary alicyclic amines) is 1. The predicted octanol–water partition coefficient (Wildman–Crippen LogP) is 1.27. The Balaban J connectivity index is 1.73. The van der Waals surface area contributed by atoms with Crippen LogP contribution in [0.2, 0.25) is 0 Å². The van der Waals surface area contributed by atoms with Gasteiger partial charge in [-0.3, -0.25) is 0 Å². The molecule has 0 bridgehead atoms. The molecule has 1 N–H and O–H groups in total. The second-order valence-electron chi connectivity index (χ2n) is 6.79. The quantitative estimate of drug-likeness (QED) is 0.795. The van der Waals surface area contributed by atoms with E-state index >= 15 is 0 Å². The van der Waals surface area contributed by atoms with Gasteiger partial charge in [0.15, 0.2) is 0 Å². The predicted molar refractivity (Wildman–Crippen MR) is 84.1 cm³/mol. The topological polar surface area (TPSA) is 27.7 Å². The van der Waals surface area contributed by atoms with Crippen molar-refractivity contribution in [2.45, 2.75) is 32.2 Å². The molecule has 4 heteroatoms. The van der Waals surface area contributed by atoms with E-state index in [0.29, 0.717) is 12.0 Å². The Morgan fingerprint density at radius 3 is 2.60 bits per heavy atom. The SMILES string of the molecule is CCNC1CCOCC1CN1CCC(CN(C)C)CC1. The summed E-state index contributed by atoms with van der Waals surface area (Å²) in [5, 5.41) is 3.65. The lowest BCUT2D eigenvalue weighted by Gasteiger charge is -2.39. The number of nitrogens with one attached hydrogen (secondary N) is 1. The number of hydrogen-bond acceptors (Lipinski definition) is 4. The van der Waals surface area contributed by atoms with Crippen LogP contribution in [-0.2, 0) is 4.74 Å². The molecule has 20 heavy (non-hydrogen) atoms. The largest absolute Gasteiger partial charge is 0.381 e. The van der Waals surface area contributed by atoms with Gasteiger partial charge in [0.25, 0.3) is 0 Å². The van der Waals surface area contributed by atoms with Crippen LogP contribution in [0, 0.1) is 11.8 Å². The summed E-state index contributed by atoms with van der Waals surface area (Å²) >= 11 is 0. The summed E-state index contributed by atoms with van der Waals surface area (Å²) in [5.41, 5.74) is 0. The molecule has 0 aromatic carbocycles. The van der Waals surface area contributed by atoms with Crippen molar-refractivity contribution >= 4 is 0 Å². The van der Waals surface area contributed by atoms with Crippen LogP contribution in [0.25, 0.3) is 0 Å². The summed E-state index contributed by atoms with van der Waals surface area (Å²) in [7, 11) is 4.37. The highest BCUT2D eigenvalue weighted by molar-refractivity contribution is 4.83. The van der Waals surface area contributed by atoms with E-state index in [1.54, 1.807) is 0 Å². The summed E-state index contributed by atoms with van der Waals surface area (Å²) in [6.45, 7) is 10.2. The molecule has 0 spiro atoms. The third kappa shape index (κ3) is 4.99. The molecular formula is C16H33N3O. The average molecular weight is 283 g/mol. The Kier molecular flexibility index (Phi) is 6.75. The van der Waals surface area contributed by atoms with Gasteiger partial charge in [-0.1, -0.05) is 6.92 Å². The fourth-order valence-electron chi connectivity index (χ4n) is 3.71. The van der Waals surface area contributed by atoms with E-state index in [9.17, 15) is 0 Å². The average Bonchev–Trinajstić information content (AvgIpc) is 2.43. The zero-order valence-corrected chi connectivity index (χ0v) is 13.6. The third-order valence-electron chi connectivity index (χ3n) is 4.76. The van der Waals surface area contributed by atoms with Crippen LogP contribution in [-0.4, -0.2) is 75.9 Å². The van der Waals surface area contributed by atoms with Crippen LogP contribution in [0.4, 0.5) is 0 Å². The number of piperidine rings is 1. The molecule has 118 valence electrons. The van der Waals surface area contributed by atoms with Gasteiger partial charge >= 0.3 is 0 Å². The first-order valence-corrected chi connectivity index (χ1v) is 8.37. The van der Waals surface area contributed by atoms with Crippen molar-refractivity contribution < 1.29 is 4.74 Å². The molecule has 2 aliphatic heterocycles. The van der Waals surface area contributed by atoms with Gasteiger partial charge in [-0.05, 0) is 58.9 Å². The maximum atomic E-state index is 5.70. The highest BCUT2D eigenvalue weighted by Gasteiger charge is 2.28. The first kappa shape index (κ1) is 16.2. The normalized spacial score (nSPS) is 30.0. The summed E-state index contributed by atoms with van der Waals surface area (Å²) < 4.78 is 5.70. The Morgan fingerprint density at radius 1 is 1.20 bits per heavy atom. The molecule has 2 aliphatic rings. The van der Waals surface area contributed by atoms with E-state index < -0.39 is 0 Å². The molecular weight excluding hydrogens is 250 g/mol. The van der Waals surface area contributed by atoms with Gasteiger partial charge < -0.3 is 19.9 Å². The van der Waals surface area contributed by atoms with Crippen LogP contribution >= 0.6 is 0 Å². The summed E-state index contributed by atoms with van der Waals surface area (Å²) in [5.74, 6) is 1.57. The van der Waals surface area contributed by atoms with Crippen LogP contribution in [0.15, 0.2) is 0 Å². The lowest BCUT2D eigenvalue weighted by atomic mass is 9.92. The van der Waals surface area contributed by atoms with E-state index in [2.05, 4.69) is 36.1 Å². The van der Waals surface area contributed by atoms with Gasteiger partial charge in [-0.25, -0.2) is 0 Å². The second-order valence-corrected chi connectivity index (χ2v) is 6.79. The molecule has 2 heterocycles. The summed E-state index contributed by atoms with van der Waals surface area (Å²) in [6, 6.07) is 0.660. The minimum atomic E-state index is 0.660. The highest BCUT2D eigenvalue weighted by atomic mass is 16.5. The maximum Gasteiger partial charge on any atom is 0.0521 e. The van der Waals surface area contributed by atoms with Crippen LogP contribution < -0.4 is 5.32 Å². The monoisotopic (exact) mass is 283 g/mol. The zero-order chi connectivity index (χ0) is 14.4. The van der Waals surface area contributed by atoms with Gasteiger partial charge in [-0.2, -0.15) is 0 Å². The molecule has 2 rings (SSSR count). The van der Waals surface area contributed by atoms with Gasteiger partial charge in [0.2, 0.25) is 0 Å². The molecule has 0 aliphatic carbocycles. The van der Waals surface area contributed by atoms with E-state index in [4.69, 9.17) is 4.74 Å². The molecule has 0 radical (unpaired) electrons. The van der Waals surface area contributed by atoms with E-state index in [1.807, 2.05) is 0 Å². The Labute approximate surface area is 124 Å². The van der Waals surface area contributed by atoms with E-state index in [0.717, 1.165) is 25.7 Å². The fraction of sp³-hybridized carbons (Fsp3) is 1.00. The van der Waals surface area contributed by atoms with E-state index in [1.165, 1.54) is 45.4 Å². The first-order chi connectivity index (χ1) is 9.69. The smallest absolute Gasteiger partial charge is 0.0521 e. The van der Waals surface area contributed by atoms with Crippen molar-refractivity contribution in [2.24, 2.45) is 11.8 Å². The lowest BCUT2D eigenvalue weighted by molar-refractivity contribution is 0.0115. The van der Waals surface area contributed by atoms with Crippen molar-refractivity contribution in [2.75, 3.05) is 60.0 Å². The van der Waals surface area contributed by atoms with Crippen molar-refractivity contribution in [3.8, 4) is 0 Å². The van der Waals surface area contributed by atoms with Crippen LogP contribution in [0.3, 0.4) is 0 Å². The standard InChI is InChI=1S/C16H33N3O/c1-4-17-16-7-10-20-13-15(16)12-19-8-5-14(6-9-19)11-18(2)3/h14-17H,4-13H2,1-3H3. The third-order valence-corrected chi connectivity index (χ3v) is 4.76. The number of rotatable bonds is 6. The first-order valence-electron chi connectivity index (χ1n) is 8.37. The fourth-order valence-corrected chi connectivity index (χ4v) is 3.71. The second kappa shape index (κ2) is 8.32. The molecule has 0 aromatic heterocycles. The zero-order valence-electron chi connectivity index (χ0n) is 13.6. The van der Waals surface area contributed by atoms with Crippen molar-refractivity contribution in [3.05, 3.63) is 0 Å². The van der Waals surface area contributed by atoms with Gasteiger partial charge in [0.1, 0.15) is 0 Å². The Bertz CT molecular complexity index is 262. The van der Waals surface area contributed by atoms with Gasteiger partial charge in [-0.15, -0.1) is 0 Å². The summed E-state index contributed by atoms with van der Waals surface area (Å²) in [6.07, 6.45) is 3.89. The summed E-state index contributed by atoms with van der Waals surface area (Å²) in [4.78, 5) is 4.99. The molecule has 4 nitrogen and oxygen atoms in total. The number of hydrogen-bond donors (Lipinski definition) is 1. The number of nitrogens with zero attached hydrogens (tertiary/aromatic N) is 2. The number of ether oxygens (including phenoxy) is 1. The molecule has 2 saturated heterocycles. The van der Waals surface area contributed by atoms with Crippen molar-refractivity contribution in [3.63, 3.8) is 0 Å². The molecule has 2 unspecified atom stereocenters. The Morgan fingerprint density at radius 2 is 1.95 bits per heavy atom. The molecule has 0 aromatic rings. The van der Waals surface area contributed by atoms with E-state index in [-0.39, 0.29) is 0 Å². The van der Waals surface area contributed by atoms with Crippen molar-refractivity contribution in [1.82, 2.24) is 15.1 Å². The lowest BCUT2D eigenvalue weighted by Crippen LogP contribution is -2.49. The van der Waals surface area contributed by atoms with Crippen molar-refractivity contribution in [1.29, 1.82) is 0 Å². The molecule has 2 fully saturated rings. The highest BCUT2D eigenvalue weighted by Crippen LogP contribution is 2.21.